The second kappa shape index (κ2) is 6.02. The van der Waals surface area contributed by atoms with Crippen LogP contribution in [0.5, 0.6) is 5.75 Å². The molecule has 0 saturated carbocycles. The fraction of sp³-hybridized carbons (Fsp3) is 0.0714. The monoisotopic (exact) mass is 316 g/mol. The quantitative estimate of drug-likeness (QED) is 0.591. The summed E-state index contributed by atoms with van der Waals surface area (Å²) in [6.45, 7) is 0. The van der Waals surface area contributed by atoms with Crippen molar-refractivity contribution in [2.45, 2.75) is 0 Å². The lowest BCUT2D eigenvalue weighted by atomic mass is 10.2. The molecule has 5 nitrogen and oxygen atoms in total. The molecule has 106 valence electrons. The number of aromatic amines is 1. The van der Waals surface area contributed by atoms with Crippen molar-refractivity contribution >= 4 is 29.8 Å². The van der Waals surface area contributed by atoms with Gasteiger partial charge in [0.2, 0.25) is 4.77 Å². The van der Waals surface area contributed by atoms with Crippen molar-refractivity contribution in [3.63, 3.8) is 0 Å². The van der Waals surface area contributed by atoms with Gasteiger partial charge in [0.1, 0.15) is 5.75 Å². The molecule has 0 amide bonds. The number of H-pyrrole nitrogens is 1. The first-order valence-electron chi connectivity index (χ1n) is 6.18. The van der Waals surface area contributed by atoms with E-state index in [0.29, 0.717) is 10.6 Å². The van der Waals surface area contributed by atoms with Crippen molar-refractivity contribution in [2.75, 3.05) is 7.11 Å². The molecule has 0 saturated heterocycles. The lowest BCUT2D eigenvalue weighted by Gasteiger charge is -2.03. The van der Waals surface area contributed by atoms with Crippen molar-refractivity contribution in [3.05, 3.63) is 52.1 Å². The van der Waals surface area contributed by atoms with Gasteiger partial charge >= 0.3 is 0 Å². The van der Waals surface area contributed by atoms with Crippen LogP contribution in [0, 0.1) is 4.77 Å². The highest BCUT2D eigenvalue weighted by Gasteiger charge is 2.08. The molecule has 7 heteroatoms. The molecule has 2 heterocycles. The van der Waals surface area contributed by atoms with Crippen molar-refractivity contribution in [2.24, 2.45) is 5.10 Å². The molecule has 21 heavy (non-hydrogen) atoms. The average molecular weight is 316 g/mol. The summed E-state index contributed by atoms with van der Waals surface area (Å²) in [5.41, 5.74) is 0.875. The van der Waals surface area contributed by atoms with Crippen LogP contribution in [-0.2, 0) is 0 Å². The molecular formula is C14H12N4OS2. The highest BCUT2D eigenvalue weighted by atomic mass is 32.1. The molecule has 1 N–H and O–H groups in total. The number of hydrogen-bond acceptors (Lipinski definition) is 5. The van der Waals surface area contributed by atoms with E-state index in [1.165, 1.54) is 0 Å². The minimum absolute atomic E-state index is 0.449. The van der Waals surface area contributed by atoms with Crippen LogP contribution in [0.2, 0.25) is 0 Å². The normalized spacial score (nSPS) is 11.1. The molecular weight excluding hydrogens is 304 g/mol. The van der Waals surface area contributed by atoms with E-state index in [0.717, 1.165) is 16.2 Å². The van der Waals surface area contributed by atoms with E-state index >= 15 is 0 Å². The zero-order chi connectivity index (χ0) is 14.7. The standard InChI is InChI=1S/C14H12N4OS2/c1-19-11-6-3-2-5-10(11)9-15-18-13(16-17-14(18)20)12-7-4-8-21-12/h2-9H,1H3,(H,17,20)/b15-9-. The van der Waals surface area contributed by atoms with Crippen molar-refractivity contribution in [1.82, 2.24) is 14.9 Å². The molecule has 0 radical (unpaired) electrons. The number of nitrogens with zero attached hydrogens (tertiary/aromatic N) is 3. The average Bonchev–Trinajstić information content (AvgIpc) is 3.15. The van der Waals surface area contributed by atoms with Crippen LogP contribution in [0.3, 0.4) is 0 Å². The summed E-state index contributed by atoms with van der Waals surface area (Å²) in [6, 6.07) is 11.6. The Balaban J connectivity index is 2.01. The highest BCUT2D eigenvalue weighted by Crippen LogP contribution is 2.23. The van der Waals surface area contributed by atoms with Crippen LogP contribution in [0.1, 0.15) is 5.56 Å². The van der Waals surface area contributed by atoms with Crippen molar-refractivity contribution in [1.29, 1.82) is 0 Å². The molecule has 0 unspecified atom stereocenters. The molecule has 0 spiro atoms. The van der Waals surface area contributed by atoms with E-state index in [-0.39, 0.29) is 0 Å². The summed E-state index contributed by atoms with van der Waals surface area (Å²) in [5.74, 6) is 1.45. The SMILES string of the molecule is COc1ccccc1/C=N\n1c(-c2cccs2)n[nH]c1=S. The predicted octanol–water partition coefficient (Wildman–Crippen LogP) is 3.56. The van der Waals surface area contributed by atoms with Gasteiger partial charge in [-0.15, -0.1) is 11.3 Å². The first kappa shape index (κ1) is 13.7. The van der Waals surface area contributed by atoms with Crippen LogP contribution in [0.25, 0.3) is 10.7 Å². The van der Waals surface area contributed by atoms with E-state index in [9.17, 15) is 0 Å². The van der Waals surface area contributed by atoms with E-state index < -0.39 is 0 Å². The summed E-state index contributed by atoms with van der Waals surface area (Å²) in [4.78, 5) is 1.000. The zero-order valence-corrected chi connectivity index (χ0v) is 12.8. The van der Waals surface area contributed by atoms with Gasteiger partial charge in [-0.25, -0.2) is 5.10 Å². The van der Waals surface area contributed by atoms with Crippen molar-refractivity contribution < 1.29 is 4.74 Å². The van der Waals surface area contributed by atoms with Gasteiger partial charge in [0, 0.05) is 5.56 Å². The molecule has 0 aliphatic carbocycles. The number of para-hydroxylation sites is 1. The summed E-state index contributed by atoms with van der Waals surface area (Å²) < 4.78 is 7.35. The number of nitrogens with one attached hydrogen (secondary N) is 1. The van der Waals surface area contributed by atoms with Gasteiger partial charge in [0.05, 0.1) is 18.2 Å². The van der Waals surface area contributed by atoms with E-state index in [4.69, 9.17) is 17.0 Å². The Kier molecular flexibility index (Phi) is 3.94. The maximum Gasteiger partial charge on any atom is 0.216 e. The smallest absolute Gasteiger partial charge is 0.216 e. The number of hydrogen-bond donors (Lipinski definition) is 1. The summed E-state index contributed by atoms with van der Waals surface area (Å²) in [7, 11) is 1.63. The maximum atomic E-state index is 5.30. The van der Waals surface area contributed by atoms with Gasteiger partial charge in [-0.05, 0) is 35.8 Å². The predicted molar refractivity (Wildman–Crippen MR) is 86.7 cm³/mol. The highest BCUT2D eigenvalue weighted by molar-refractivity contribution is 7.71. The van der Waals surface area contributed by atoms with Crippen LogP contribution >= 0.6 is 23.6 Å². The Morgan fingerprint density at radius 2 is 2.19 bits per heavy atom. The number of rotatable bonds is 4. The molecule has 0 bridgehead atoms. The Labute approximate surface area is 130 Å². The Bertz CT molecular complexity index is 818. The van der Waals surface area contributed by atoms with E-state index in [2.05, 4.69) is 15.3 Å². The molecule has 2 aromatic heterocycles. The second-order valence-corrected chi connectivity index (χ2v) is 5.46. The largest absolute Gasteiger partial charge is 0.496 e. The third kappa shape index (κ3) is 2.79. The first-order chi connectivity index (χ1) is 10.3. The Morgan fingerprint density at radius 1 is 1.33 bits per heavy atom. The van der Waals surface area contributed by atoms with Crippen LogP contribution in [0.4, 0.5) is 0 Å². The van der Waals surface area contributed by atoms with Crippen molar-refractivity contribution in [3.8, 4) is 16.5 Å². The minimum atomic E-state index is 0.449. The molecule has 3 rings (SSSR count). The Hall–Kier alpha value is -2.25. The maximum absolute atomic E-state index is 5.30. The van der Waals surface area contributed by atoms with Crippen LogP contribution < -0.4 is 4.74 Å². The lowest BCUT2D eigenvalue weighted by Crippen LogP contribution is -1.95. The van der Waals surface area contributed by atoms with Crippen LogP contribution in [0.15, 0.2) is 46.9 Å². The number of benzene rings is 1. The molecule has 3 aromatic rings. The fourth-order valence-corrected chi connectivity index (χ4v) is 2.73. The summed E-state index contributed by atoms with van der Waals surface area (Å²) in [6.07, 6.45) is 1.71. The lowest BCUT2D eigenvalue weighted by molar-refractivity contribution is 0.414. The molecule has 0 aliphatic rings. The van der Waals surface area contributed by atoms with Gasteiger partial charge in [0.15, 0.2) is 5.82 Å². The van der Waals surface area contributed by atoms with Gasteiger partial charge < -0.3 is 4.74 Å². The zero-order valence-electron chi connectivity index (χ0n) is 11.2. The number of aromatic nitrogens is 3. The van der Waals surface area contributed by atoms with E-state index in [1.54, 1.807) is 29.3 Å². The number of thiophene rings is 1. The summed E-state index contributed by atoms with van der Waals surface area (Å²) in [5, 5.41) is 13.4. The van der Waals surface area contributed by atoms with Gasteiger partial charge in [-0.3, -0.25) is 0 Å². The third-order valence-electron chi connectivity index (χ3n) is 2.84. The number of ether oxygens (including phenoxy) is 1. The number of methoxy groups -OCH3 is 1. The minimum Gasteiger partial charge on any atom is -0.496 e. The molecule has 1 aromatic carbocycles. The fourth-order valence-electron chi connectivity index (χ4n) is 1.86. The molecule has 0 atom stereocenters. The van der Waals surface area contributed by atoms with Crippen LogP contribution in [-0.4, -0.2) is 28.2 Å². The molecule has 0 aliphatic heterocycles. The first-order valence-corrected chi connectivity index (χ1v) is 7.47. The van der Waals surface area contributed by atoms with Gasteiger partial charge in [-0.2, -0.15) is 14.9 Å². The molecule has 0 fully saturated rings. The van der Waals surface area contributed by atoms with Gasteiger partial charge in [-0.1, -0.05) is 18.2 Å². The van der Waals surface area contributed by atoms with Gasteiger partial charge in [0.25, 0.3) is 0 Å². The second-order valence-electron chi connectivity index (χ2n) is 4.13. The topological polar surface area (TPSA) is 55.2 Å². The Morgan fingerprint density at radius 3 is 2.95 bits per heavy atom. The summed E-state index contributed by atoms with van der Waals surface area (Å²) >= 11 is 6.81. The van der Waals surface area contributed by atoms with E-state index in [1.807, 2.05) is 41.8 Å². The third-order valence-corrected chi connectivity index (χ3v) is 3.97.